The fraction of sp³-hybridized carbons (Fsp3) is 0.308. The highest BCUT2D eigenvalue weighted by molar-refractivity contribution is 6.31. The zero-order valence-corrected chi connectivity index (χ0v) is 11.3. The van der Waals surface area contributed by atoms with Crippen LogP contribution in [0, 0.1) is 12.7 Å². The molecule has 0 radical (unpaired) electrons. The van der Waals surface area contributed by atoms with E-state index in [1.807, 2.05) is 13.1 Å². The minimum Gasteiger partial charge on any atom is -0.361 e. The predicted octanol–water partition coefficient (Wildman–Crippen LogP) is 3.06. The summed E-state index contributed by atoms with van der Waals surface area (Å²) in [5.74, 6) is -0.383. The van der Waals surface area contributed by atoms with Gasteiger partial charge in [0.15, 0.2) is 0 Å². The summed E-state index contributed by atoms with van der Waals surface area (Å²) in [5, 5.41) is 3.89. The molecule has 5 heteroatoms. The minimum absolute atomic E-state index is 0.00463. The Labute approximate surface area is 110 Å². The molecule has 98 valence electrons. The number of nitrogens with one attached hydrogen (secondary N) is 2. The molecule has 0 spiro atoms. The maximum absolute atomic E-state index is 12.9. The van der Waals surface area contributed by atoms with Gasteiger partial charge in [-0.1, -0.05) is 11.6 Å². The average molecular weight is 271 g/mol. The largest absolute Gasteiger partial charge is 0.361 e. The van der Waals surface area contributed by atoms with Crippen LogP contribution in [0.5, 0.6) is 0 Å². The number of benzene rings is 1. The third-order valence-electron chi connectivity index (χ3n) is 2.59. The normalized spacial score (nSPS) is 11.8. The first-order valence-electron chi connectivity index (χ1n) is 5.55. The van der Waals surface area contributed by atoms with E-state index in [-0.39, 0.29) is 16.9 Å². The lowest BCUT2D eigenvalue weighted by Gasteiger charge is -1.94. The first kappa shape index (κ1) is 14.7. The number of aromatic nitrogens is 1. The summed E-state index contributed by atoms with van der Waals surface area (Å²) in [4.78, 5) is 12.6. The van der Waals surface area contributed by atoms with Crippen molar-refractivity contribution in [1.82, 2.24) is 10.3 Å². The second-order valence-electron chi connectivity index (χ2n) is 4.00. The number of fused-ring (bicyclic) bond motifs is 1. The van der Waals surface area contributed by atoms with Crippen LogP contribution in [0.3, 0.4) is 0 Å². The van der Waals surface area contributed by atoms with Crippen LogP contribution in [0.1, 0.15) is 12.5 Å². The lowest BCUT2D eigenvalue weighted by Crippen LogP contribution is -2.21. The standard InChI is InChI=1S/C9H7ClFN.C4H9NO/c1-5-4-12-9-3-8(11)7(10)2-6(5)9;1-4(3-6)5-2/h2-4,12H,1H3;3-5H,1-2H3. The van der Waals surface area contributed by atoms with Gasteiger partial charge in [0.1, 0.15) is 12.1 Å². The minimum atomic E-state index is -0.383. The third-order valence-corrected chi connectivity index (χ3v) is 2.88. The molecule has 0 aliphatic rings. The summed E-state index contributed by atoms with van der Waals surface area (Å²) < 4.78 is 12.9. The van der Waals surface area contributed by atoms with Crippen LogP contribution >= 0.6 is 11.6 Å². The molecule has 18 heavy (non-hydrogen) atoms. The van der Waals surface area contributed by atoms with E-state index in [1.54, 1.807) is 20.0 Å². The van der Waals surface area contributed by atoms with Gasteiger partial charge < -0.3 is 15.1 Å². The quantitative estimate of drug-likeness (QED) is 0.824. The molecule has 2 N–H and O–H groups in total. The fourth-order valence-corrected chi connectivity index (χ4v) is 1.49. The molecule has 1 unspecified atom stereocenters. The predicted molar refractivity (Wildman–Crippen MR) is 72.6 cm³/mol. The van der Waals surface area contributed by atoms with Crippen molar-refractivity contribution in [3.8, 4) is 0 Å². The Morgan fingerprint density at radius 1 is 1.50 bits per heavy atom. The molecule has 2 aromatic rings. The highest BCUT2D eigenvalue weighted by atomic mass is 35.5. The number of carbonyl (C=O) groups is 1. The van der Waals surface area contributed by atoms with Gasteiger partial charge in [-0.3, -0.25) is 0 Å². The molecule has 0 saturated heterocycles. The van der Waals surface area contributed by atoms with Crippen LogP contribution in [0.15, 0.2) is 18.3 Å². The molecule has 0 aliphatic carbocycles. The van der Waals surface area contributed by atoms with E-state index < -0.39 is 0 Å². The number of likely N-dealkylation sites (N-methyl/N-ethyl adjacent to an activating group) is 1. The molecular weight excluding hydrogens is 255 g/mol. The summed E-state index contributed by atoms with van der Waals surface area (Å²) in [6.07, 6.45) is 2.69. The molecule has 1 atom stereocenters. The van der Waals surface area contributed by atoms with E-state index in [2.05, 4.69) is 10.3 Å². The first-order valence-corrected chi connectivity index (χ1v) is 5.92. The smallest absolute Gasteiger partial charge is 0.143 e. The molecule has 0 amide bonds. The van der Waals surface area contributed by atoms with Crippen molar-refractivity contribution in [3.05, 3.63) is 34.7 Å². The van der Waals surface area contributed by atoms with Crippen LogP contribution < -0.4 is 5.32 Å². The Balaban J connectivity index is 0.000000232. The van der Waals surface area contributed by atoms with Gasteiger partial charge in [0, 0.05) is 17.1 Å². The summed E-state index contributed by atoms with van der Waals surface area (Å²) >= 11 is 5.63. The molecule has 0 bridgehead atoms. The maximum Gasteiger partial charge on any atom is 0.143 e. The molecule has 3 nitrogen and oxygen atoms in total. The maximum atomic E-state index is 12.9. The Hall–Kier alpha value is -1.39. The molecule has 0 saturated carbocycles. The van der Waals surface area contributed by atoms with E-state index in [0.717, 1.165) is 22.8 Å². The first-order chi connectivity index (χ1) is 8.49. The van der Waals surface area contributed by atoms with Gasteiger partial charge in [0.25, 0.3) is 0 Å². The highest BCUT2D eigenvalue weighted by Gasteiger charge is 2.04. The number of H-pyrrole nitrogens is 1. The molecule has 0 fully saturated rings. The lowest BCUT2D eigenvalue weighted by molar-refractivity contribution is -0.109. The van der Waals surface area contributed by atoms with Crippen LogP contribution in [0.25, 0.3) is 10.9 Å². The highest BCUT2D eigenvalue weighted by Crippen LogP contribution is 2.24. The van der Waals surface area contributed by atoms with Gasteiger partial charge in [0.2, 0.25) is 0 Å². The van der Waals surface area contributed by atoms with Crippen molar-refractivity contribution < 1.29 is 9.18 Å². The van der Waals surface area contributed by atoms with Crippen LogP contribution in [-0.4, -0.2) is 24.4 Å². The molecule has 0 aliphatic heterocycles. The zero-order chi connectivity index (χ0) is 13.7. The van der Waals surface area contributed by atoms with E-state index in [0.29, 0.717) is 0 Å². The van der Waals surface area contributed by atoms with Gasteiger partial charge >= 0.3 is 0 Å². The number of aryl methyl sites for hydroxylation is 1. The Bertz CT molecular complexity index is 539. The monoisotopic (exact) mass is 270 g/mol. The zero-order valence-electron chi connectivity index (χ0n) is 10.6. The number of halogens is 2. The van der Waals surface area contributed by atoms with E-state index in [1.165, 1.54) is 6.07 Å². The third kappa shape index (κ3) is 3.55. The van der Waals surface area contributed by atoms with Crippen LogP contribution in [0.4, 0.5) is 4.39 Å². The summed E-state index contributed by atoms with van der Waals surface area (Å²) in [6.45, 7) is 3.75. The van der Waals surface area contributed by atoms with E-state index in [4.69, 9.17) is 11.6 Å². The van der Waals surface area contributed by atoms with Gasteiger partial charge in [-0.25, -0.2) is 4.39 Å². The van der Waals surface area contributed by atoms with Crippen molar-refractivity contribution in [2.24, 2.45) is 0 Å². The summed E-state index contributed by atoms with van der Waals surface area (Å²) in [7, 11) is 1.75. The topological polar surface area (TPSA) is 44.9 Å². The molecule has 1 aromatic carbocycles. The van der Waals surface area contributed by atoms with Crippen molar-refractivity contribution in [1.29, 1.82) is 0 Å². The van der Waals surface area contributed by atoms with E-state index in [9.17, 15) is 9.18 Å². The van der Waals surface area contributed by atoms with Crippen LogP contribution in [-0.2, 0) is 4.79 Å². The number of rotatable bonds is 2. The number of aldehydes is 1. The second-order valence-corrected chi connectivity index (χ2v) is 4.40. The Morgan fingerprint density at radius 2 is 2.17 bits per heavy atom. The van der Waals surface area contributed by atoms with Crippen molar-refractivity contribution >= 4 is 28.8 Å². The van der Waals surface area contributed by atoms with Crippen molar-refractivity contribution in [3.63, 3.8) is 0 Å². The lowest BCUT2D eigenvalue weighted by atomic mass is 10.2. The Kier molecular flexibility index (Phi) is 5.31. The second kappa shape index (κ2) is 6.52. The van der Waals surface area contributed by atoms with Crippen molar-refractivity contribution in [2.75, 3.05) is 7.05 Å². The number of hydrogen-bond acceptors (Lipinski definition) is 2. The van der Waals surface area contributed by atoms with Crippen LogP contribution in [0.2, 0.25) is 5.02 Å². The SMILES string of the molecule is CNC(C)C=O.Cc1c[nH]c2cc(F)c(Cl)cc12. The van der Waals surface area contributed by atoms with Gasteiger partial charge in [-0.05, 0) is 38.6 Å². The Morgan fingerprint density at radius 3 is 2.67 bits per heavy atom. The van der Waals surface area contributed by atoms with Gasteiger partial charge in [0.05, 0.1) is 11.1 Å². The summed E-state index contributed by atoms with van der Waals surface area (Å²) in [5.41, 5.74) is 1.86. The van der Waals surface area contributed by atoms with Gasteiger partial charge in [-0.15, -0.1) is 0 Å². The number of carbonyl (C=O) groups excluding carboxylic acids is 1. The number of hydrogen-bond donors (Lipinski definition) is 2. The molecule has 2 rings (SSSR count). The number of aromatic amines is 1. The molecular formula is C13H16ClFN2O. The molecule has 1 aromatic heterocycles. The van der Waals surface area contributed by atoms with Crippen molar-refractivity contribution in [2.45, 2.75) is 19.9 Å². The average Bonchev–Trinajstić information content (AvgIpc) is 2.71. The van der Waals surface area contributed by atoms with E-state index >= 15 is 0 Å². The van der Waals surface area contributed by atoms with Gasteiger partial charge in [-0.2, -0.15) is 0 Å². The molecule has 1 heterocycles. The summed E-state index contributed by atoms with van der Waals surface area (Å²) in [6, 6.07) is 3.05. The fourth-order valence-electron chi connectivity index (χ4n) is 1.32.